The lowest BCUT2D eigenvalue weighted by atomic mass is 10.0. The van der Waals surface area contributed by atoms with Gasteiger partial charge in [-0.25, -0.2) is 8.78 Å². The fourth-order valence-electron chi connectivity index (χ4n) is 3.18. The number of nitrogens with two attached hydrogens (primary N) is 1. The van der Waals surface area contributed by atoms with E-state index in [0.29, 0.717) is 22.6 Å². The van der Waals surface area contributed by atoms with E-state index in [2.05, 4.69) is 0 Å². The maximum Gasteiger partial charge on any atom is 0.233 e. The van der Waals surface area contributed by atoms with Gasteiger partial charge in [-0.2, -0.15) is 0 Å². The Hall–Kier alpha value is -3.80. The van der Waals surface area contributed by atoms with E-state index in [1.807, 2.05) is 6.07 Å². The average Bonchev–Trinajstić information content (AvgIpc) is 3.03. The first-order valence-electron chi connectivity index (χ1n) is 8.78. The third kappa shape index (κ3) is 3.29. The van der Waals surface area contributed by atoms with Gasteiger partial charge in [-0.1, -0.05) is 24.3 Å². The molecule has 144 valence electrons. The standard InChI is InChI=1S/C23H15F2NO3/c1-12(27)13-3-2-4-14(9-13)15-5-7-18-20(10-15)29-23(21(18)26)22(28)17-8-6-16(24)11-19(17)25/h2-11H,26H2,1H3. The van der Waals surface area contributed by atoms with E-state index in [-0.39, 0.29) is 22.8 Å². The summed E-state index contributed by atoms with van der Waals surface area (Å²) in [6.45, 7) is 1.49. The molecule has 0 bridgehead atoms. The molecule has 2 N–H and O–H groups in total. The molecule has 0 amide bonds. The number of Topliss-reactive ketones (excluding diaryl/α,β-unsaturated/α-hetero) is 1. The van der Waals surface area contributed by atoms with Crippen molar-refractivity contribution in [1.82, 2.24) is 0 Å². The lowest BCUT2D eigenvalue weighted by Gasteiger charge is -2.03. The predicted octanol–water partition coefficient (Wildman–Crippen LogP) is 5.39. The van der Waals surface area contributed by atoms with Gasteiger partial charge in [-0.3, -0.25) is 9.59 Å². The van der Waals surface area contributed by atoms with Crippen LogP contribution in [-0.4, -0.2) is 11.6 Å². The molecule has 0 aliphatic heterocycles. The second-order valence-electron chi connectivity index (χ2n) is 6.65. The monoisotopic (exact) mass is 391 g/mol. The first-order chi connectivity index (χ1) is 13.8. The zero-order valence-corrected chi connectivity index (χ0v) is 15.3. The van der Waals surface area contributed by atoms with E-state index in [1.165, 1.54) is 6.92 Å². The van der Waals surface area contributed by atoms with Gasteiger partial charge in [-0.05, 0) is 48.4 Å². The van der Waals surface area contributed by atoms with Crippen molar-refractivity contribution < 1.29 is 22.8 Å². The molecule has 4 nitrogen and oxygen atoms in total. The number of hydrogen-bond acceptors (Lipinski definition) is 4. The molecule has 1 aromatic heterocycles. The molecule has 4 rings (SSSR count). The highest BCUT2D eigenvalue weighted by molar-refractivity contribution is 6.14. The zero-order chi connectivity index (χ0) is 20.7. The summed E-state index contributed by atoms with van der Waals surface area (Å²) in [7, 11) is 0. The van der Waals surface area contributed by atoms with Crippen molar-refractivity contribution >= 4 is 28.2 Å². The number of hydrogen-bond donors (Lipinski definition) is 1. The number of fused-ring (bicyclic) bond motifs is 1. The van der Waals surface area contributed by atoms with Crippen LogP contribution in [0.25, 0.3) is 22.1 Å². The Bertz CT molecular complexity index is 1290. The summed E-state index contributed by atoms with van der Waals surface area (Å²) in [5.41, 5.74) is 8.29. The molecule has 29 heavy (non-hydrogen) atoms. The van der Waals surface area contributed by atoms with Crippen molar-refractivity contribution in [1.29, 1.82) is 0 Å². The van der Waals surface area contributed by atoms with Crippen LogP contribution < -0.4 is 5.73 Å². The van der Waals surface area contributed by atoms with E-state index in [9.17, 15) is 18.4 Å². The summed E-state index contributed by atoms with van der Waals surface area (Å²) in [4.78, 5) is 24.3. The first kappa shape index (κ1) is 18.6. The molecular formula is C23H15F2NO3. The fourth-order valence-corrected chi connectivity index (χ4v) is 3.18. The number of benzene rings is 3. The fraction of sp³-hybridized carbons (Fsp3) is 0.0435. The van der Waals surface area contributed by atoms with E-state index in [1.54, 1.807) is 36.4 Å². The Labute approximate surface area is 164 Å². The van der Waals surface area contributed by atoms with E-state index < -0.39 is 17.4 Å². The minimum atomic E-state index is -0.989. The maximum atomic E-state index is 14.0. The Morgan fingerprint density at radius 1 is 0.931 bits per heavy atom. The molecule has 0 unspecified atom stereocenters. The van der Waals surface area contributed by atoms with Crippen LogP contribution >= 0.6 is 0 Å². The normalized spacial score (nSPS) is 11.0. The van der Waals surface area contributed by atoms with Crippen LogP contribution in [0.1, 0.15) is 33.4 Å². The SMILES string of the molecule is CC(=O)c1cccc(-c2ccc3c(N)c(C(=O)c4ccc(F)cc4F)oc3c2)c1. The smallest absolute Gasteiger partial charge is 0.233 e. The molecule has 0 radical (unpaired) electrons. The van der Waals surface area contributed by atoms with Crippen molar-refractivity contribution in [3.8, 4) is 11.1 Å². The van der Waals surface area contributed by atoms with Gasteiger partial charge in [0.05, 0.1) is 11.3 Å². The third-order valence-corrected chi connectivity index (χ3v) is 4.71. The Kier molecular flexibility index (Phi) is 4.47. The molecular weight excluding hydrogens is 376 g/mol. The van der Waals surface area contributed by atoms with Crippen molar-refractivity contribution in [3.05, 3.63) is 89.2 Å². The second-order valence-corrected chi connectivity index (χ2v) is 6.65. The summed E-state index contributed by atoms with van der Waals surface area (Å²) in [6, 6.07) is 15.0. The molecule has 3 aromatic carbocycles. The molecule has 0 atom stereocenters. The number of carbonyl (C=O) groups excluding carboxylic acids is 2. The first-order valence-corrected chi connectivity index (χ1v) is 8.78. The number of furan rings is 1. The highest BCUT2D eigenvalue weighted by Gasteiger charge is 2.23. The van der Waals surface area contributed by atoms with Crippen LogP contribution in [0.4, 0.5) is 14.5 Å². The molecule has 0 aliphatic rings. The Balaban J connectivity index is 1.79. The summed E-state index contributed by atoms with van der Waals surface area (Å²) in [5, 5.41) is 0.502. The Morgan fingerprint density at radius 2 is 1.69 bits per heavy atom. The molecule has 0 fully saturated rings. The predicted molar refractivity (Wildman–Crippen MR) is 106 cm³/mol. The lowest BCUT2D eigenvalue weighted by molar-refractivity contribution is 0.100. The number of carbonyl (C=O) groups is 2. The van der Waals surface area contributed by atoms with Gasteiger partial charge < -0.3 is 10.2 Å². The lowest BCUT2D eigenvalue weighted by Crippen LogP contribution is -2.06. The van der Waals surface area contributed by atoms with Gasteiger partial charge in [-0.15, -0.1) is 0 Å². The van der Waals surface area contributed by atoms with Gasteiger partial charge in [0.15, 0.2) is 11.5 Å². The minimum Gasteiger partial charge on any atom is -0.450 e. The maximum absolute atomic E-state index is 14.0. The quantitative estimate of drug-likeness (QED) is 0.473. The molecule has 0 aliphatic carbocycles. The van der Waals surface area contributed by atoms with Crippen molar-refractivity contribution in [2.45, 2.75) is 6.92 Å². The van der Waals surface area contributed by atoms with Crippen LogP contribution in [0, 0.1) is 11.6 Å². The van der Waals surface area contributed by atoms with Gasteiger partial charge in [0, 0.05) is 17.0 Å². The molecule has 4 aromatic rings. The topological polar surface area (TPSA) is 73.3 Å². The van der Waals surface area contributed by atoms with E-state index >= 15 is 0 Å². The van der Waals surface area contributed by atoms with Gasteiger partial charge in [0.1, 0.15) is 17.2 Å². The molecule has 1 heterocycles. The van der Waals surface area contributed by atoms with Crippen LogP contribution in [0.2, 0.25) is 0 Å². The highest BCUT2D eigenvalue weighted by Crippen LogP contribution is 2.34. The largest absolute Gasteiger partial charge is 0.450 e. The Morgan fingerprint density at radius 3 is 2.41 bits per heavy atom. The van der Waals surface area contributed by atoms with Gasteiger partial charge >= 0.3 is 0 Å². The molecule has 0 spiro atoms. The number of nitrogen functional groups attached to an aromatic ring is 1. The molecule has 0 saturated heterocycles. The summed E-state index contributed by atoms with van der Waals surface area (Å²) < 4.78 is 32.8. The van der Waals surface area contributed by atoms with Crippen LogP contribution in [-0.2, 0) is 0 Å². The van der Waals surface area contributed by atoms with Crippen molar-refractivity contribution in [2.24, 2.45) is 0 Å². The summed E-state index contributed by atoms with van der Waals surface area (Å²) in [6.07, 6.45) is 0. The number of rotatable bonds is 4. The van der Waals surface area contributed by atoms with Crippen LogP contribution in [0.3, 0.4) is 0 Å². The second kappa shape index (κ2) is 6.98. The van der Waals surface area contributed by atoms with Crippen molar-refractivity contribution in [3.63, 3.8) is 0 Å². The zero-order valence-electron chi connectivity index (χ0n) is 15.3. The molecule has 6 heteroatoms. The summed E-state index contributed by atoms with van der Waals surface area (Å²) >= 11 is 0. The van der Waals surface area contributed by atoms with Crippen molar-refractivity contribution in [2.75, 3.05) is 5.73 Å². The number of halogens is 2. The highest BCUT2D eigenvalue weighted by atomic mass is 19.1. The average molecular weight is 391 g/mol. The molecule has 0 saturated carbocycles. The number of anilines is 1. The summed E-state index contributed by atoms with van der Waals surface area (Å²) in [5.74, 6) is -2.80. The van der Waals surface area contributed by atoms with E-state index in [0.717, 1.165) is 23.3 Å². The number of ketones is 2. The third-order valence-electron chi connectivity index (χ3n) is 4.71. The van der Waals surface area contributed by atoms with Crippen LogP contribution in [0.5, 0.6) is 0 Å². The minimum absolute atomic E-state index is 0.0515. The van der Waals surface area contributed by atoms with E-state index in [4.69, 9.17) is 10.2 Å². The van der Waals surface area contributed by atoms with Gasteiger partial charge in [0.25, 0.3) is 0 Å². The van der Waals surface area contributed by atoms with Crippen LogP contribution in [0.15, 0.2) is 65.1 Å². The van der Waals surface area contributed by atoms with Gasteiger partial charge in [0.2, 0.25) is 5.78 Å².